The maximum absolute atomic E-state index is 12.7. The highest BCUT2D eigenvalue weighted by Crippen LogP contribution is 2.05. The standard InChI is InChI=1S/C14H21FN2O/c1-10(2)17-14(18)9-16-11(3)8-12-4-6-13(15)7-5-12/h4-7,10-11,16H,8-9H2,1-3H3,(H,17,18). The molecule has 1 aromatic carbocycles. The largest absolute Gasteiger partial charge is 0.353 e. The predicted octanol–water partition coefficient (Wildman–Crippen LogP) is 1.87. The highest BCUT2D eigenvalue weighted by Gasteiger charge is 2.07. The number of hydrogen-bond donors (Lipinski definition) is 2. The Bertz CT molecular complexity index is 376. The maximum Gasteiger partial charge on any atom is 0.234 e. The van der Waals surface area contributed by atoms with Crippen molar-refractivity contribution in [1.82, 2.24) is 10.6 Å². The van der Waals surface area contributed by atoms with Crippen molar-refractivity contribution in [2.45, 2.75) is 39.3 Å². The number of rotatable bonds is 6. The van der Waals surface area contributed by atoms with Crippen LogP contribution in [0.2, 0.25) is 0 Å². The van der Waals surface area contributed by atoms with Crippen molar-refractivity contribution < 1.29 is 9.18 Å². The van der Waals surface area contributed by atoms with E-state index in [-0.39, 0.29) is 23.8 Å². The molecule has 0 saturated heterocycles. The van der Waals surface area contributed by atoms with Gasteiger partial charge in [-0.1, -0.05) is 12.1 Å². The molecule has 0 spiro atoms. The van der Waals surface area contributed by atoms with Crippen molar-refractivity contribution in [2.24, 2.45) is 0 Å². The summed E-state index contributed by atoms with van der Waals surface area (Å²) in [5, 5.41) is 5.96. The summed E-state index contributed by atoms with van der Waals surface area (Å²) in [5.41, 5.74) is 1.06. The molecule has 0 bridgehead atoms. The van der Waals surface area contributed by atoms with Gasteiger partial charge in [0, 0.05) is 12.1 Å². The monoisotopic (exact) mass is 252 g/mol. The third kappa shape index (κ3) is 5.77. The number of nitrogens with one attached hydrogen (secondary N) is 2. The van der Waals surface area contributed by atoms with Crippen LogP contribution in [0.5, 0.6) is 0 Å². The average molecular weight is 252 g/mol. The molecule has 0 aliphatic rings. The molecule has 0 saturated carbocycles. The summed E-state index contributed by atoms with van der Waals surface area (Å²) < 4.78 is 12.7. The molecule has 4 heteroatoms. The lowest BCUT2D eigenvalue weighted by Gasteiger charge is -2.15. The molecule has 0 aromatic heterocycles. The van der Waals surface area contributed by atoms with Crippen molar-refractivity contribution in [2.75, 3.05) is 6.54 Å². The zero-order chi connectivity index (χ0) is 13.5. The van der Waals surface area contributed by atoms with Gasteiger partial charge in [0.1, 0.15) is 5.82 Å². The third-order valence-corrected chi connectivity index (χ3v) is 2.52. The van der Waals surface area contributed by atoms with E-state index in [0.717, 1.165) is 12.0 Å². The number of halogens is 1. The molecule has 0 aliphatic carbocycles. The quantitative estimate of drug-likeness (QED) is 0.811. The summed E-state index contributed by atoms with van der Waals surface area (Å²) in [6.45, 7) is 6.17. The fraction of sp³-hybridized carbons (Fsp3) is 0.500. The number of benzene rings is 1. The Morgan fingerprint density at radius 3 is 2.39 bits per heavy atom. The van der Waals surface area contributed by atoms with Gasteiger partial charge in [-0.15, -0.1) is 0 Å². The number of carbonyl (C=O) groups excluding carboxylic acids is 1. The van der Waals surface area contributed by atoms with Crippen molar-refractivity contribution in [3.8, 4) is 0 Å². The minimum atomic E-state index is -0.226. The highest BCUT2D eigenvalue weighted by molar-refractivity contribution is 5.78. The molecule has 1 rings (SSSR count). The molecule has 1 unspecified atom stereocenters. The lowest BCUT2D eigenvalue weighted by molar-refractivity contribution is -0.120. The van der Waals surface area contributed by atoms with E-state index >= 15 is 0 Å². The second kappa shape index (κ2) is 7.11. The van der Waals surface area contributed by atoms with E-state index in [1.54, 1.807) is 12.1 Å². The normalized spacial score (nSPS) is 12.5. The molecule has 0 heterocycles. The van der Waals surface area contributed by atoms with E-state index in [0.29, 0.717) is 6.54 Å². The van der Waals surface area contributed by atoms with Crippen LogP contribution in [0.25, 0.3) is 0 Å². The van der Waals surface area contributed by atoms with Crippen LogP contribution in [0.4, 0.5) is 4.39 Å². The topological polar surface area (TPSA) is 41.1 Å². The summed E-state index contributed by atoms with van der Waals surface area (Å²) in [6, 6.07) is 6.77. The molecule has 1 amide bonds. The van der Waals surface area contributed by atoms with Crippen LogP contribution in [0, 0.1) is 5.82 Å². The molecular weight excluding hydrogens is 231 g/mol. The first-order valence-corrected chi connectivity index (χ1v) is 6.24. The molecule has 0 fully saturated rings. The van der Waals surface area contributed by atoms with Crippen LogP contribution in [-0.2, 0) is 11.2 Å². The van der Waals surface area contributed by atoms with Crippen molar-refractivity contribution in [1.29, 1.82) is 0 Å². The number of carbonyl (C=O) groups is 1. The van der Waals surface area contributed by atoms with Gasteiger partial charge in [-0.05, 0) is 44.9 Å². The summed E-state index contributed by atoms with van der Waals surface area (Å²) in [7, 11) is 0. The molecule has 100 valence electrons. The first-order chi connectivity index (χ1) is 8.47. The lowest BCUT2D eigenvalue weighted by atomic mass is 10.1. The molecular formula is C14H21FN2O. The lowest BCUT2D eigenvalue weighted by Crippen LogP contribution is -2.41. The highest BCUT2D eigenvalue weighted by atomic mass is 19.1. The summed E-state index contributed by atoms with van der Waals surface area (Å²) in [5.74, 6) is -0.230. The molecule has 3 nitrogen and oxygen atoms in total. The van der Waals surface area contributed by atoms with Crippen molar-refractivity contribution >= 4 is 5.91 Å². The van der Waals surface area contributed by atoms with Gasteiger partial charge in [0.15, 0.2) is 0 Å². The maximum atomic E-state index is 12.7. The van der Waals surface area contributed by atoms with Gasteiger partial charge < -0.3 is 10.6 Å². The minimum Gasteiger partial charge on any atom is -0.353 e. The molecule has 0 radical (unpaired) electrons. The second-order valence-corrected chi connectivity index (χ2v) is 4.83. The molecule has 1 atom stereocenters. The van der Waals surface area contributed by atoms with E-state index in [1.165, 1.54) is 12.1 Å². The van der Waals surface area contributed by atoms with Gasteiger partial charge in [0.05, 0.1) is 6.54 Å². The Hall–Kier alpha value is -1.42. The third-order valence-electron chi connectivity index (χ3n) is 2.52. The van der Waals surface area contributed by atoms with Crippen LogP contribution in [0.1, 0.15) is 26.3 Å². The van der Waals surface area contributed by atoms with E-state index < -0.39 is 0 Å². The number of amides is 1. The Labute approximate surface area is 108 Å². The SMILES string of the molecule is CC(C)NC(=O)CNC(C)Cc1ccc(F)cc1. The number of hydrogen-bond acceptors (Lipinski definition) is 2. The van der Waals surface area contributed by atoms with Crippen LogP contribution in [0.15, 0.2) is 24.3 Å². The van der Waals surface area contributed by atoms with E-state index in [2.05, 4.69) is 10.6 Å². The Balaban J connectivity index is 2.31. The van der Waals surface area contributed by atoms with Crippen LogP contribution >= 0.6 is 0 Å². The predicted molar refractivity (Wildman–Crippen MR) is 70.8 cm³/mol. The fourth-order valence-corrected chi connectivity index (χ4v) is 1.69. The van der Waals surface area contributed by atoms with Gasteiger partial charge in [-0.2, -0.15) is 0 Å². The Morgan fingerprint density at radius 2 is 1.83 bits per heavy atom. The van der Waals surface area contributed by atoms with E-state index in [4.69, 9.17) is 0 Å². The van der Waals surface area contributed by atoms with Gasteiger partial charge in [-0.3, -0.25) is 4.79 Å². The van der Waals surface area contributed by atoms with Crippen molar-refractivity contribution in [3.05, 3.63) is 35.6 Å². The zero-order valence-electron chi connectivity index (χ0n) is 11.2. The van der Waals surface area contributed by atoms with E-state index in [9.17, 15) is 9.18 Å². The molecule has 1 aromatic rings. The summed E-state index contributed by atoms with van der Waals surface area (Å²) in [6.07, 6.45) is 0.773. The first-order valence-electron chi connectivity index (χ1n) is 6.24. The Kier molecular flexibility index (Phi) is 5.78. The fourth-order valence-electron chi connectivity index (χ4n) is 1.69. The van der Waals surface area contributed by atoms with Crippen molar-refractivity contribution in [3.63, 3.8) is 0 Å². The Morgan fingerprint density at radius 1 is 1.22 bits per heavy atom. The second-order valence-electron chi connectivity index (χ2n) is 4.83. The minimum absolute atomic E-state index is 0.00374. The smallest absolute Gasteiger partial charge is 0.234 e. The van der Waals surface area contributed by atoms with Gasteiger partial charge in [0.2, 0.25) is 5.91 Å². The first kappa shape index (κ1) is 14.6. The van der Waals surface area contributed by atoms with E-state index in [1.807, 2.05) is 20.8 Å². The van der Waals surface area contributed by atoms with Crippen LogP contribution < -0.4 is 10.6 Å². The van der Waals surface area contributed by atoms with Gasteiger partial charge >= 0.3 is 0 Å². The average Bonchev–Trinajstić information content (AvgIpc) is 2.29. The van der Waals surface area contributed by atoms with Gasteiger partial charge in [-0.25, -0.2) is 4.39 Å². The van der Waals surface area contributed by atoms with Crippen LogP contribution in [-0.4, -0.2) is 24.5 Å². The molecule has 2 N–H and O–H groups in total. The zero-order valence-corrected chi connectivity index (χ0v) is 11.2. The van der Waals surface area contributed by atoms with Crippen LogP contribution in [0.3, 0.4) is 0 Å². The molecule has 18 heavy (non-hydrogen) atoms. The van der Waals surface area contributed by atoms with Gasteiger partial charge in [0.25, 0.3) is 0 Å². The summed E-state index contributed by atoms with van der Waals surface area (Å²) >= 11 is 0. The molecule has 0 aliphatic heterocycles. The summed E-state index contributed by atoms with van der Waals surface area (Å²) in [4.78, 5) is 11.4.